The first kappa shape index (κ1) is 24.8. The Morgan fingerprint density at radius 2 is 1.57 bits per heavy atom. The zero-order chi connectivity index (χ0) is 26.5. The van der Waals surface area contributed by atoms with Crippen molar-refractivity contribution in [2.24, 2.45) is 4.99 Å². The molecule has 0 saturated heterocycles. The largest absolute Gasteiger partial charge is 0.500 e. The number of ether oxygens (including phenoxy) is 3. The Hall–Kier alpha value is -5.30. The van der Waals surface area contributed by atoms with Crippen LogP contribution in [0, 0.1) is 21.4 Å². The molecule has 1 N–H and O–H groups in total. The number of aliphatic imine (C=N–C) groups is 1. The Bertz CT molecular complexity index is 1520. The third-order valence-corrected chi connectivity index (χ3v) is 5.56. The number of methoxy groups -OCH3 is 3. The summed E-state index contributed by atoms with van der Waals surface area (Å²) in [4.78, 5) is 14.9. The van der Waals surface area contributed by atoms with E-state index in [4.69, 9.17) is 18.6 Å². The molecule has 0 aliphatic rings. The second-order valence-electron chi connectivity index (χ2n) is 7.66. The van der Waals surface area contributed by atoms with Crippen LogP contribution in [0.25, 0.3) is 22.5 Å². The first-order valence-electron chi connectivity index (χ1n) is 10.8. The lowest BCUT2D eigenvalue weighted by Crippen LogP contribution is -1.94. The van der Waals surface area contributed by atoms with Crippen LogP contribution >= 0.6 is 0 Å². The monoisotopic (exact) mass is 499 g/mol. The summed E-state index contributed by atoms with van der Waals surface area (Å²) in [5.41, 5.74) is 1.81. The minimum Gasteiger partial charge on any atom is -0.500 e. The van der Waals surface area contributed by atoms with Crippen LogP contribution in [-0.2, 0) is 0 Å². The van der Waals surface area contributed by atoms with Gasteiger partial charge < -0.3 is 23.7 Å². The number of benzene rings is 3. The number of hydrogen-bond donors (Lipinski definition) is 1. The number of furan rings is 1. The minimum atomic E-state index is -0.730. The molecule has 0 aliphatic carbocycles. The molecule has 1 heterocycles. The maximum Gasteiger partial charge on any atom is 0.315 e. The molecule has 0 fully saturated rings. The van der Waals surface area contributed by atoms with E-state index in [1.165, 1.54) is 19.4 Å². The summed E-state index contributed by atoms with van der Waals surface area (Å²) in [5.74, 6) is 1.04. The molecule has 10 nitrogen and oxygen atoms in total. The van der Waals surface area contributed by atoms with Crippen LogP contribution in [0.15, 0.2) is 70.1 Å². The van der Waals surface area contributed by atoms with Crippen molar-refractivity contribution in [1.29, 1.82) is 5.26 Å². The van der Waals surface area contributed by atoms with Crippen LogP contribution in [0.5, 0.6) is 23.0 Å². The van der Waals surface area contributed by atoms with Crippen molar-refractivity contribution in [2.45, 2.75) is 0 Å². The maximum atomic E-state index is 11.3. The van der Waals surface area contributed by atoms with E-state index < -0.39 is 16.4 Å². The number of rotatable bonds is 8. The van der Waals surface area contributed by atoms with Crippen molar-refractivity contribution in [3.05, 3.63) is 81.9 Å². The average molecular weight is 499 g/mol. The minimum absolute atomic E-state index is 0.00818. The summed E-state index contributed by atoms with van der Waals surface area (Å²) in [5, 5.41) is 31.4. The van der Waals surface area contributed by atoms with Gasteiger partial charge in [0.25, 0.3) is 0 Å². The van der Waals surface area contributed by atoms with Gasteiger partial charge in [-0.15, -0.1) is 0 Å². The normalized spacial score (nSPS) is 10.8. The number of hydrogen-bond acceptors (Lipinski definition) is 9. The molecule has 186 valence electrons. The highest BCUT2D eigenvalue weighted by Crippen LogP contribution is 2.43. The van der Waals surface area contributed by atoms with E-state index in [0.717, 1.165) is 6.07 Å². The third kappa shape index (κ3) is 4.92. The van der Waals surface area contributed by atoms with Crippen LogP contribution in [0.4, 0.5) is 11.6 Å². The third-order valence-electron chi connectivity index (χ3n) is 5.56. The fourth-order valence-electron chi connectivity index (χ4n) is 3.71. The second kappa shape index (κ2) is 10.5. The highest BCUT2D eigenvalue weighted by molar-refractivity contribution is 5.90. The summed E-state index contributed by atoms with van der Waals surface area (Å²) in [6, 6.07) is 19.0. The Balaban J connectivity index is 1.87. The summed E-state index contributed by atoms with van der Waals surface area (Å²) < 4.78 is 21.6. The predicted octanol–water partition coefficient (Wildman–Crippen LogP) is 5.88. The van der Waals surface area contributed by atoms with E-state index in [9.17, 15) is 20.5 Å². The van der Waals surface area contributed by atoms with Crippen molar-refractivity contribution in [3.8, 4) is 51.5 Å². The van der Waals surface area contributed by atoms with Gasteiger partial charge >= 0.3 is 5.69 Å². The van der Waals surface area contributed by atoms with E-state index in [1.807, 2.05) is 0 Å². The molecule has 4 rings (SSSR count). The number of aromatic hydroxyl groups is 1. The van der Waals surface area contributed by atoms with Crippen LogP contribution in [0.3, 0.4) is 0 Å². The molecule has 4 aromatic rings. The maximum absolute atomic E-state index is 11.3. The topological polar surface area (TPSA) is 140 Å². The van der Waals surface area contributed by atoms with E-state index in [0.29, 0.717) is 33.9 Å². The average Bonchev–Trinajstić information content (AvgIpc) is 3.30. The van der Waals surface area contributed by atoms with Crippen LogP contribution in [0.1, 0.15) is 11.1 Å². The molecule has 3 aromatic carbocycles. The molecule has 0 radical (unpaired) electrons. The van der Waals surface area contributed by atoms with Crippen molar-refractivity contribution < 1.29 is 28.7 Å². The molecule has 1 aromatic heterocycles. The fourth-order valence-corrected chi connectivity index (χ4v) is 3.71. The predicted molar refractivity (Wildman–Crippen MR) is 136 cm³/mol. The van der Waals surface area contributed by atoms with Gasteiger partial charge in [0, 0.05) is 29.0 Å². The SMILES string of the molecule is COc1ccc(-c2oc(N=Cc3cc(OC)c(O)c([N+](=O)[O-])c3)c(C#N)c2-c2ccc(OC)cc2)cc1. The van der Waals surface area contributed by atoms with Gasteiger partial charge in [-0.05, 0) is 48.0 Å². The van der Waals surface area contributed by atoms with Gasteiger partial charge in [-0.25, -0.2) is 4.99 Å². The number of nitrogens with zero attached hydrogens (tertiary/aromatic N) is 3. The molecule has 0 unspecified atom stereocenters. The molecule has 0 atom stereocenters. The molecule has 0 bridgehead atoms. The lowest BCUT2D eigenvalue weighted by Gasteiger charge is -2.06. The zero-order valence-electron chi connectivity index (χ0n) is 20.1. The molecule has 0 aliphatic heterocycles. The summed E-state index contributed by atoms with van der Waals surface area (Å²) in [6.45, 7) is 0. The van der Waals surface area contributed by atoms with Crippen molar-refractivity contribution in [3.63, 3.8) is 0 Å². The van der Waals surface area contributed by atoms with Crippen molar-refractivity contribution >= 4 is 17.8 Å². The zero-order valence-corrected chi connectivity index (χ0v) is 20.1. The van der Waals surface area contributed by atoms with Gasteiger partial charge in [0.2, 0.25) is 11.6 Å². The van der Waals surface area contributed by atoms with Gasteiger partial charge in [0.15, 0.2) is 5.75 Å². The van der Waals surface area contributed by atoms with Crippen LogP contribution in [0.2, 0.25) is 0 Å². The molecule has 10 heteroatoms. The number of nitro groups is 1. The summed E-state index contributed by atoms with van der Waals surface area (Å²) in [6.07, 6.45) is 1.30. The first-order chi connectivity index (χ1) is 17.9. The van der Waals surface area contributed by atoms with Gasteiger partial charge in [0.05, 0.1) is 26.3 Å². The number of nitro benzene ring substituents is 1. The van der Waals surface area contributed by atoms with Crippen LogP contribution in [-0.4, -0.2) is 37.6 Å². The first-order valence-corrected chi connectivity index (χ1v) is 10.8. The summed E-state index contributed by atoms with van der Waals surface area (Å²) >= 11 is 0. The second-order valence-corrected chi connectivity index (χ2v) is 7.66. The summed E-state index contributed by atoms with van der Waals surface area (Å²) in [7, 11) is 4.40. The molecular weight excluding hydrogens is 478 g/mol. The molecule has 37 heavy (non-hydrogen) atoms. The molecule has 0 spiro atoms. The number of phenolic OH excluding ortho intramolecular Hbond substituents is 1. The Labute approximate surface area is 211 Å². The highest BCUT2D eigenvalue weighted by atomic mass is 16.6. The molecule has 0 saturated carbocycles. The van der Waals surface area contributed by atoms with Gasteiger partial charge in [-0.2, -0.15) is 5.26 Å². The Morgan fingerprint density at radius 3 is 2.08 bits per heavy atom. The van der Waals surface area contributed by atoms with Gasteiger partial charge in [-0.3, -0.25) is 10.1 Å². The van der Waals surface area contributed by atoms with Crippen molar-refractivity contribution in [2.75, 3.05) is 21.3 Å². The lowest BCUT2D eigenvalue weighted by atomic mass is 9.98. The number of phenols is 1. The van der Waals surface area contributed by atoms with Gasteiger partial charge in [0.1, 0.15) is 28.9 Å². The quantitative estimate of drug-likeness (QED) is 0.180. The Kier molecular flexibility index (Phi) is 7.06. The lowest BCUT2D eigenvalue weighted by molar-refractivity contribution is -0.386. The fraction of sp³-hybridized carbons (Fsp3) is 0.111. The van der Waals surface area contributed by atoms with Crippen LogP contribution < -0.4 is 14.2 Å². The van der Waals surface area contributed by atoms with E-state index in [1.54, 1.807) is 62.8 Å². The highest BCUT2D eigenvalue weighted by Gasteiger charge is 2.24. The van der Waals surface area contributed by atoms with E-state index in [2.05, 4.69) is 11.1 Å². The number of nitriles is 1. The Morgan fingerprint density at radius 1 is 0.973 bits per heavy atom. The molecular formula is C27H21N3O7. The smallest absolute Gasteiger partial charge is 0.315 e. The molecule has 0 amide bonds. The standard InChI is InChI=1S/C27H21N3O7/c1-34-19-8-4-17(5-9-19)24-21(14-28)27(37-26(24)18-6-10-20(35-2)11-7-18)29-15-16-12-22(30(32)33)25(31)23(13-16)36-3/h4-13,15,31H,1-3H3. The van der Waals surface area contributed by atoms with E-state index in [-0.39, 0.29) is 22.8 Å². The van der Waals surface area contributed by atoms with Crippen molar-refractivity contribution in [1.82, 2.24) is 0 Å². The van der Waals surface area contributed by atoms with Gasteiger partial charge in [-0.1, -0.05) is 12.1 Å². The van der Waals surface area contributed by atoms with E-state index >= 15 is 0 Å².